The molecule has 0 aliphatic rings. The molecule has 0 aliphatic carbocycles. The van der Waals surface area contributed by atoms with Crippen LogP contribution >= 0.6 is 34.5 Å². The van der Waals surface area contributed by atoms with Crippen molar-refractivity contribution in [1.82, 2.24) is 4.98 Å². The number of nitrogens with one attached hydrogen (secondary N) is 1. The maximum Gasteiger partial charge on any atom is 0.261 e. The number of pyridine rings is 1. The Bertz CT molecular complexity index is 1330. The van der Waals surface area contributed by atoms with Crippen LogP contribution in [0.2, 0.25) is 10.0 Å². The second kappa shape index (κ2) is 7.61. The molecule has 1 N–H and O–H groups in total. The van der Waals surface area contributed by atoms with Gasteiger partial charge in [-0.2, -0.15) is 0 Å². The number of benzene rings is 2. The van der Waals surface area contributed by atoms with E-state index in [9.17, 15) is 8.42 Å². The molecule has 0 saturated carbocycles. The molecule has 0 saturated heterocycles. The van der Waals surface area contributed by atoms with Gasteiger partial charge in [0.15, 0.2) is 0 Å². The summed E-state index contributed by atoms with van der Waals surface area (Å²) in [6.45, 7) is 3.84. The number of thiophene rings is 1. The average Bonchev–Trinajstić information content (AvgIpc) is 2.98. The minimum Gasteiger partial charge on any atom is -0.279 e. The number of aromatic nitrogens is 1. The van der Waals surface area contributed by atoms with E-state index in [1.165, 1.54) is 23.5 Å². The zero-order valence-electron chi connectivity index (χ0n) is 15.5. The highest BCUT2D eigenvalue weighted by Crippen LogP contribution is 2.42. The number of halogens is 2. The topological polar surface area (TPSA) is 59.1 Å². The number of aryl methyl sites for hydroxylation is 2. The first-order valence-electron chi connectivity index (χ1n) is 8.70. The lowest BCUT2D eigenvalue weighted by atomic mass is 10.0. The molecule has 4 nitrogen and oxygen atoms in total. The molecule has 148 valence electrons. The minimum atomic E-state index is -3.82. The lowest BCUT2D eigenvalue weighted by Crippen LogP contribution is -2.13. The van der Waals surface area contributed by atoms with Crippen molar-refractivity contribution in [3.8, 4) is 11.1 Å². The van der Waals surface area contributed by atoms with E-state index >= 15 is 0 Å². The average molecular weight is 463 g/mol. The van der Waals surface area contributed by atoms with E-state index in [0.717, 1.165) is 31.9 Å². The standard InChI is InChI=1S/C21H16Cl2N2O2S2/c1-12-10-18(25-29(26,27)17-5-3-4-16(23)11-17)20-19(13(2)28-21(20)24-12)14-6-8-15(22)9-7-14/h3-11H,1-2H3,(H,24,25). The van der Waals surface area contributed by atoms with E-state index in [2.05, 4.69) is 9.71 Å². The number of fused-ring (bicyclic) bond motifs is 1. The third kappa shape index (κ3) is 3.98. The van der Waals surface area contributed by atoms with E-state index in [4.69, 9.17) is 23.2 Å². The fourth-order valence-corrected chi connectivity index (χ4v) is 5.82. The van der Waals surface area contributed by atoms with Gasteiger partial charge in [0.2, 0.25) is 0 Å². The van der Waals surface area contributed by atoms with Crippen molar-refractivity contribution in [2.75, 3.05) is 4.72 Å². The van der Waals surface area contributed by atoms with Gasteiger partial charge in [-0.25, -0.2) is 13.4 Å². The summed E-state index contributed by atoms with van der Waals surface area (Å²) in [5.74, 6) is 0. The molecule has 4 aromatic rings. The predicted molar refractivity (Wildman–Crippen MR) is 122 cm³/mol. The molecule has 8 heteroatoms. The van der Waals surface area contributed by atoms with Crippen LogP contribution in [0.3, 0.4) is 0 Å². The largest absolute Gasteiger partial charge is 0.279 e. The molecule has 2 aromatic heterocycles. The number of anilines is 1. The molecular formula is C21H16Cl2N2O2S2. The molecule has 2 aromatic carbocycles. The Balaban J connectivity index is 1.91. The van der Waals surface area contributed by atoms with Crippen LogP contribution in [-0.2, 0) is 10.0 Å². The summed E-state index contributed by atoms with van der Waals surface area (Å²) in [5.41, 5.74) is 3.11. The molecule has 2 heterocycles. The highest BCUT2D eigenvalue weighted by atomic mass is 35.5. The van der Waals surface area contributed by atoms with Crippen LogP contribution in [0.25, 0.3) is 21.3 Å². The highest BCUT2D eigenvalue weighted by molar-refractivity contribution is 7.92. The molecule has 0 aliphatic heterocycles. The first-order valence-corrected chi connectivity index (χ1v) is 11.8. The predicted octanol–water partition coefficient (Wildman–Crippen LogP) is 6.69. The fourth-order valence-electron chi connectivity index (χ4n) is 3.21. The third-order valence-corrected chi connectivity index (χ3v) is 7.30. The SMILES string of the molecule is Cc1cc(NS(=O)(=O)c2cccc(Cl)c2)c2c(-c3ccc(Cl)cc3)c(C)sc2n1. The second-order valence-electron chi connectivity index (χ2n) is 6.59. The monoisotopic (exact) mass is 462 g/mol. The maximum absolute atomic E-state index is 13.0. The Labute approximate surface area is 183 Å². The van der Waals surface area contributed by atoms with E-state index in [0.29, 0.717) is 15.7 Å². The number of rotatable bonds is 4. The lowest BCUT2D eigenvalue weighted by Gasteiger charge is -2.12. The molecule has 0 spiro atoms. The van der Waals surface area contributed by atoms with E-state index < -0.39 is 10.0 Å². The summed E-state index contributed by atoms with van der Waals surface area (Å²) in [4.78, 5) is 6.54. The van der Waals surface area contributed by atoms with Gasteiger partial charge in [0.25, 0.3) is 10.0 Å². The first kappa shape index (κ1) is 20.2. The minimum absolute atomic E-state index is 0.104. The summed E-state index contributed by atoms with van der Waals surface area (Å²) in [6.07, 6.45) is 0. The Morgan fingerprint density at radius 3 is 2.38 bits per heavy atom. The molecule has 0 amide bonds. The van der Waals surface area contributed by atoms with Gasteiger partial charge >= 0.3 is 0 Å². The van der Waals surface area contributed by atoms with Gasteiger partial charge in [-0.3, -0.25) is 4.72 Å². The van der Waals surface area contributed by atoms with Gasteiger partial charge in [-0.05, 0) is 55.8 Å². The summed E-state index contributed by atoms with van der Waals surface area (Å²) >= 11 is 13.6. The van der Waals surface area contributed by atoms with Crippen LogP contribution < -0.4 is 4.72 Å². The first-order chi connectivity index (χ1) is 13.7. The van der Waals surface area contributed by atoms with Crippen molar-refractivity contribution in [2.45, 2.75) is 18.7 Å². The molecule has 0 unspecified atom stereocenters. The summed E-state index contributed by atoms with van der Waals surface area (Å²) in [7, 11) is -3.82. The van der Waals surface area contributed by atoms with E-state index in [1.807, 2.05) is 38.1 Å². The normalized spacial score (nSPS) is 11.7. The Morgan fingerprint density at radius 1 is 0.966 bits per heavy atom. The number of sulfonamides is 1. The second-order valence-corrected chi connectivity index (χ2v) is 10.4. The van der Waals surface area contributed by atoms with Gasteiger partial charge < -0.3 is 0 Å². The van der Waals surface area contributed by atoms with Crippen LogP contribution in [0.15, 0.2) is 59.5 Å². The number of hydrogen-bond acceptors (Lipinski definition) is 4. The van der Waals surface area contributed by atoms with Gasteiger partial charge in [-0.1, -0.05) is 41.4 Å². The number of nitrogens with zero attached hydrogens (tertiary/aromatic N) is 1. The number of hydrogen-bond donors (Lipinski definition) is 1. The van der Waals surface area contributed by atoms with E-state index in [-0.39, 0.29) is 4.90 Å². The smallest absolute Gasteiger partial charge is 0.261 e. The van der Waals surface area contributed by atoms with Gasteiger partial charge in [0, 0.05) is 31.6 Å². The van der Waals surface area contributed by atoms with Crippen LogP contribution in [0.1, 0.15) is 10.6 Å². The Hall–Kier alpha value is -2.12. The van der Waals surface area contributed by atoms with Crippen molar-refractivity contribution >= 4 is 60.5 Å². The molecule has 0 fully saturated rings. The quantitative estimate of drug-likeness (QED) is 0.367. The summed E-state index contributed by atoms with van der Waals surface area (Å²) < 4.78 is 28.7. The molecule has 0 bridgehead atoms. The fraction of sp³-hybridized carbons (Fsp3) is 0.0952. The molecule has 0 radical (unpaired) electrons. The Morgan fingerprint density at radius 2 is 1.69 bits per heavy atom. The maximum atomic E-state index is 13.0. The zero-order valence-corrected chi connectivity index (χ0v) is 18.7. The van der Waals surface area contributed by atoms with Gasteiger partial charge in [-0.15, -0.1) is 11.3 Å². The van der Waals surface area contributed by atoms with Crippen LogP contribution in [-0.4, -0.2) is 13.4 Å². The highest BCUT2D eigenvalue weighted by Gasteiger charge is 2.21. The van der Waals surface area contributed by atoms with Crippen molar-refractivity contribution in [2.24, 2.45) is 0 Å². The van der Waals surface area contributed by atoms with Crippen LogP contribution in [0.4, 0.5) is 5.69 Å². The molecular weight excluding hydrogens is 447 g/mol. The van der Waals surface area contributed by atoms with Crippen molar-refractivity contribution in [3.05, 3.63) is 75.2 Å². The van der Waals surface area contributed by atoms with Gasteiger partial charge in [0.1, 0.15) is 4.83 Å². The van der Waals surface area contributed by atoms with Crippen LogP contribution in [0.5, 0.6) is 0 Å². The van der Waals surface area contributed by atoms with Crippen molar-refractivity contribution in [1.29, 1.82) is 0 Å². The van der Waals surface area contributed by atoms with E-state index in [1.54, 1.807) is 18.2 Å². The molecule has 4 rings (SSSR count). The zero-order chi connectivity index (χ0) is 20.8. The third-order valence-electron chi connectivity index (χ3n) is 4.45. The van der Waals surface area contributed by atoms with Crippen LogP contribution in [0, 0.1) is 13.8 Å². The van der Waals surface area contributed by atoms with Gasteiger partial charge in [0.05, 0.1) is 10.6 Å². The summed E-state index contributed by atoms with van der Waals surface area (Å²) in [6, 6.07) is 15.4. The molecule has 0 atom stereocenters. The lowest BCUT2D eigenvalue weighted by molar-refractivity contribution is 0.601. The van der Waals surface area contributed by atoms with Crippen molar-refractivity contribution in [3.63, 3.8) is 0 Å². The Kier molecular flexibility index (Phi) is 5.29. The molecule has 29 heavy (non-hydrogen) atoms. The summed E-state index contributed by atoms with van der Waals surface area (Å²) in [5, 5.41) is 1.77. The van der Waals surface area contributed by atoms with Crippen molar-refractivity contribution < 1.29 is 8.42 Å².